The van der Waals surface area contributed by atoms with Crippen LogP contribution in [0, 0.1) is 0 Å². The first-order valence-corrected chi connectivity index (χ1v) is 10.5. The fraction of sp³-hybridized carbons (Fsp3) is 0.450. The second-order valence-electron chi connectivity index (χ2n) is 6.53. The number of hydrogen-bond donors (Lipinski definition) is 2. The monoisotopic (exact) mass is 385 g/mol. The van der Waals surface area contributed by atoms with E-state index in [2.05, 4.69) is 46.5 Å². The van der Waals surface area contributed by atoms with Gasteiger partial charge in [0.25, 0.3) is 0 Å². The number of aliphatic hydroxyl groups is 1. The smallest absolute Gasteiger partial charge is 0.191 e. The Morgan fingerprint density at radius 3 is 2.81 bits per heavy atom. The molecule has 1 aliphatic carbocycles. The van der Waals surface area contributed by atoms with E-state index in [1.54, 1.807) is 12.4 Å². The van der Waals surface area contributed by atoms with Gasteiger partial charge in [0.1, 0.15) is 6.23 Å². The van der Waals surface area contributed by atoms with E-state index in [0.29, 0.717) is 5.75 Å². The Labute approximate surface area is 164 Å². The minimum atomic E-state index is -0.619. The molecule has 144 valence electrons. The van der Waals surface area contributed by atoms with Gasteiger partial charge in [-0.05, 0) is 44.4 Å². The number of nitrogens with one attached hydrogen (secondary N) is 1. The van der Waals surface area contributed by atoms with Crippen molar-refractivity contribution in [1.82, 2.24) is 25.1 Å². The van der Waals surface area contributed by atoms with Gasteiger partial charge < -0.3 is 15.0 Å². The molecule has 2 aromatic heterocycles. The van der Waals surface area contributed by atoms with Crippen LogP contribution in [0.3, 0.4) is 0 Å². The van der Waals surface area contributed by atoms with Crippen LogP contribution in [0.1, 0.15) is 39.5 Å². The Bertz CT molecular complexity index is 800. The lowest BCUT2D eigenvalue weighted by molar-refractivity contribution is 0.172. The molecule has 2 aromatic rings. The van der Waals surface area contributed by atoms with Crippen molar-refractivity contribution in [3.8, 4) is 11.4 Å². The van der Waals surface area contributed by atoms with Gasteiger partial charge in [-0.3, -0.25) is 4.98 Å². The normalized spacial score (nSPS) is 15.2. The summed E-state index contributed by atoms with van der Waals surface area (Å²) in [5, 5.41) is 23.0. The molecule has 1 unspecified atom stereocenters. The molecule has 0 spiro atoms. The van der Waals surface area contributed by atoms with Crippen molar-refractivity contribution in [3.05, 3.63) is 47.9 Å². The lowest BCUT2D eigenvalue weighted by Crippen LogP contribution is -2.31. The van der Waals surface area contributed by atoms with Gasteiger partial charge in [-0.15, -0.1) is 10.2 Å². The zero-order valence-electron chi connectivity index (χ0n) is 15.9. The summed E-state index contributed by atoms with van der Waals surface area (Å²) in [5.74, 6) is 1.31. The second-order valence-corrected chi connectivity index (χ2v) is 7.52. The van der Waals surface area contributed by atoms with Crippen LogP contribution in [0.5, 0.6) is 0 Å². The lowest BCUT2D eigenvalue weighted by Gasteiger charge is -2.20. The SMILES string of the molecule is CCCC1=CC=C(NC(O)CSc2nnc(-c3cccnc3)n2CC)CC1. The van der Waals surface area contributed by atoms with Crippen LogP contribution in [0.25, 0.3) is 11.4 Å². The van der Waals surface area contributed by atoms with Crippen LogP contribution in [0.2, 0.25) is 0 Å². The van der Waals surface area contributed by atoms with Gasteiger partial charge in [0.2, 0.25) is 0 Å². The third-order valence-corrected chi connectivity index (χ3v) is 5.52. The quantitative estimate of drug-likeness (QED) is 0.506. The molecule has 3 rings (SSSR count). The summed E-state index contributed by atoms with van der Waals surface area (Å²) in [7, 11) is 0. The molecular formula is C20H27N5OS. The van der Waals surface area contributed by atoms with Crippen molar-refractivity contribution in [3.63, 3.8) is 0 Å². The van der Waals surface area contributed by atoms with E-state index in [1.807, 2.05) is 16.7 Å². The Hall–Kier alpha value is -2.12. The third kappa shape index (κ3) is 5.20. The highest BCUT2D eigenvalue weighted by molar-refractivity contribution is 7.99. The van der Waals surface area contributed by atoms with Gasteiger partial charge in [-0.1, -0.05) is 36.8 Å². The first kappa shape index (κ1) is 19.6. The first-order valence-electron chi connectivity index (χ1n) is 9.50. The number of aliphatic hydroxyl groups excluding tert-OH is 1. The first-order chi connectivity index (χ1) is 13.2. The molecule has 0 bridgehead atoms. The molecule has 0 amide bonds. The van der Waals surface area contributed by atoms with Gasteiger partial charge in [0, 0.05) is 36.0 Å². The van der Waals surface area contributed by atoms with E-state index in [4.69, 9.17) is 0 Å². The van der Waals surface area contributed by atoms with Crippen LogP contribution in [-0.2, 0) is 6.54 Å². The predicted octanol–water partition coefficient (Wildman–Crippen LogP) is 3.76. The molecule has 1 atom stereocenters. The van der Waals surface area contributed by atoms with Gasteiger partial charge in [0.05, 0.1) is 0 Å². The molecule has 1 aliphatic rings. The van der Waals surface area contributed by atoms with Crippen LogP contribution < -0.4 is 5.32 Å². The molecule has 2 heterocycles. The fourth-order valence-electron chi connectivity index (χ4n) is 3.13. The summed E-state index contributed by atoms with van der Waals surface area (Å²) < 4.78 is 2.05. The van der Waals surface area contributed by atoms with Crippen LogP contribution in [0.4, 0.5) is 0 Å². The maximum atomic E-state index is 10.4. The highest BCUT2D eigenvalue weighted by atomic mass is 32.2. The van der Waals surface area contributed by atoms with Gasteiger partial charge in [-0.25, -0.2) is 0 Å². The Morgan fingerprint density at radius 2 is 2.15 bits per heavy atom. The van der Waals surface area contributed by atoms with Crippen LogP contribution >= 0.6 is 11.8 Å². The summed E-state index contributed by atoms with van der Waals surface area (Å²) in [5.41, 5.74) is 3.53. The van der Waals surface area contributed by atoms with E-state index in [9.17, 15) is 5.11 Å². The standard InChI is InChI=1S/C20H27N5OS/c1-3-6-15-8-10-17(11-9-15)22-18(26)14-27-20-24-23-19(25(20)4-2)16-7-5-12-21-13-16/h5,7-8,10,12-13,18,22,26H,3-4,6,9,11,14H2,1-2H3. The molecular weight excluding hydrogens is 358 g/mol. The zero-order chi connectivity index (χ0) is 19.1. The van der Waals surface area contributed by atoms with Crippen molar-refractivity contribution < 1.29 is 5.11 Å². The number of rotatable bonds is 9. The summed E-state index contributed by atoms with van der Waals surface area (Å²) in [4.78, 5) is 4.15. The molecule has 0 fully saturated rings. The second kappa shape index (κ2) is 9.71. The molecule has 2 N–H and O–H groups in total. The van der Waals surface area contributed by atoms with Crippen molar-refractivity contribution in [2.24, 2.45) is 0 Å². The van der Waals surface area contributed by atoms with Gasteiger partial charge in [0.15, 0.2) is 11.0 Å². The minimum Gasteiger partial charge on any atom is -0.373 e. The largest absolute Gasteiger partial charge is 0.373 e. The number of hydrogen-bond acceptors (Lipinski definition) is 6. The van der Waals surface area contributed by atoms with Crippen molar-refractivity contribution >= 4 is 11.8 Å². The van der Waals surface area contributed by atoms with Crippen molar-refractivity contribution in [2.75, 3.05) is 5.75 Å². The molecule has 0 aromatic carbocycles. The highest BCUT2D eigenvalue weighted by Crippen LogP contribution is 2.24. The van der Waals surface area contributed by atoms with E-state index in [1.165, 1.54) is 23.8 Å². The van der Waals surface area contributed by atoms with Crippen molar-refractivity contribution in [2.45, 2.75) is 57.5 Å². The maximum absolute atomic E-state index is 10.4. The van der Waals surface area contributed by atoms with Crippen molar-refractivity contribution in [1.29, 1.82) is 0 Å². The van der Waals surface area contributed by atoms with E-state index < -0.39 is 6.23 Å². The molecule has 0 aliphatic heterocycles. The number of aromatic nitrogens is 4. The van der Waals surface area contributed by atoms with Crippen LogP contribution in [0.15, 0.2) is 53.1 Å². The minimum absolute atomic E-state index is 0.508. The fourth-order valence-corrected chi connectivity index (χ4v) is 3.99. The Balaban J connectivity index is 1.58. The zero-order valence-corrected chi connectivity index (χ0v) is 16.7. The molecule has 0 saturated heterocycles. The lowest BCUT2D eigenvalue weighted by atomic mass is 9.99. The number of thioether (sulfide) groups is 1. The summed E-state index contributed by atoms with van der Waals surface area (Å²) in [6.07, 6.45) is 11.6. The molecule has 6 nitrogen and oxygen atoms in total. The summed E-state index contributed by atoms with van der Waals surface area (Å²) in [6.45, 7) is 5.03. The van der Waals surface area contributed by atoms with E-state index in [-0.39, 0.29) is 0 Å². The number of nitrogens with zero attached hydrogens (tertiary/aromatic N) is 4. The van der Waals surface area contributed by atoms with E-state index >= 15 is 0 Å². The number of allylic oxidation sites excluding steroid dienone is 4. The number of pyridine rings is 1. The molecule has 27 heavy (non-hydrogen) atoms. The summed E-state index contributed by atoms with van der Waals surface area (Å²) in [6, 6.07) is 3.87. The Morgan fingerprint density at radius 1 is 1.26 bits per heavy atom. The summed E-state index contributed by atoms with van der Waals surface area (Å²) >= 11 is 1.51. The van der Waals surface area contributed by atoms with Gasteiger partial charge >= 0.3 is 0 Å². The average Bonchev–Trinajstić information content (AvgIpc) is 3.12. The average molecular weight is 386 g/mol. The predicted molar refractivity (Wildman–Crippen MR) is 109 cm³/mol. The molecule has 0 radical (unpaired) electrons. The Kier molecular flexibility index (Phi) is 7.06. The highest BCUT2D eigenvalue weighted by Gasteiger charge is 2.16. The molecule has 0 saturated carbocycles. The third-order valence-electron chi connectivity index (χ3n) is 4.48. The maximum Gasteiger partial charge on any atom is 0.191 e. The van der Waals surface area contributed by atoms with Gasteiger partial charge in [-0.2, -0.15) is 0 Å². The topological polar surface area (TPSA) is 75.9 Å². The molecule has 7 heteroatoms. The van der Waals surface area contributed by atoms with E-state index in [0.717, 1.165) is 48.0 Å². The van der Waals surface area contributed by atoms with Crippen LogP contribution in [-0.4, -0.2) is 36.8 Å².